The number of rotatable bonds is 5. The number of amides is 3. The lowest BCUT2D eigenvalue weighted by atomic mass is 9.67. The number of urea groups is 1. The molecular weight excluding hydrogens is 535 g/mol. The average Bonchev–Trinajstić information content (AvgIpc) is 3.32. The normalized spacial score (nSPS) is 27.2. The highest BCUT2D eigenvalue weighted by Crippen LogP contribution is 2.56. The SMILES string of the molecule is COc1ccc(C2=N[C@@H](c3ccc(Cl)cc3)[C@@H]3N2C(=O)N2CC(=O)NC4=C2C3(C)C=C(F)C4C)c(OC(C)C)c1. The van der Waals surface area contributed by atoms with Gasteiger partial charge in [-0.2, -0.15) is 0 Å². The van der Waals surface area contributed by atoms with Crippen LogP contribution in [0.3, 0.4) is 0 Å². The van der Waals surface area contributed by atoms with Crippen molar-refractivity contribution in [3.63, 3.8) is 0 Å². The molecule has 208 valence electrons. The van der Waals surface area contributed by atoms with E-state index in [0.717, 1.165) is 5.56 Å². The van der Waals surface area contributed by atoms with Crippen LogP contribution in [0.15, 0.2) is 70.8 Å². The minimum Gasteiger partial charge on any atom is -0.497 e. The molecule has 4 atom stereocenters. The first-order chi connectivity index (χ1) is 19.0. The first-order valence-corrected chi connectivity index (χ1v) is 13.6. The van der Waals surface area contributed by atoms with Crippen molar-refractivity contribution in [1.82, 2.24) is 15.1 Å². The number of ether oxygens (including phenoxy) is 2. The molecule has 3 heterocycles. The molecule has 3 aliphatic heterocycles. The molecule has 2 unspecified atom stereocenters. The van der Waals surface area contributed by atoms with Crippen LogP contribution in [0, 0.1) is 11.3 Å². The zero-order chi connectivity index (χ0) is 28.5. The lowest BCUT2D eigenvalue weighted by Gasteiger charge is -2.54. The van der Waals surface area contributed by atoms with E-state index in [1.165, 1.54) is 4.90 Å². The smallest absolute Gasteiger partial charge is 0.330 e. The van der Waals surface area contributed by atoms with Crippen LogP contribution >= 0.6 is 11.6 Å². The second-order valence-electron chi connectivity index (χ2n) is 11.0. The van der Waals surface area contributed by atoms with Crippen molar-refractivity contribution in [3.8, 4) is 11.5 Å². The Balaban J connectivity index is 1.60. The van der Waals surface area contributed by atoms with Gasteiger partial charge < -0.3 is 14.8 Å². The summed E-state index contributed by atoms with van der Waals surface area (Å²) in [6.07, 6.45) is 1.43. The Bertz CT molecular complexity index is 1520. The third kappa shape index (κ3) is 3.90. The first-order valence-electron chi connectivity index (χ1n) is 13.2. The molecule has 1 aliphatic carbocycles. The highest BCUT2D eigenvalue weighted by Gasteiger charge is 2.61. The molecule has 0 radical (unpaired) electrons. The molecule has 0 saturated carbocycles. The Hall–Kier alpha value is -3.85. The number of benzene rings is 2. The van der Waals surface area contributed by atoms with Gasteiger partial charge >= 0.3 is 6.03 Å². The maximum atomic E-state index is 15.6. The summed E-state index contributed by atoms with van der Waals surface area (Å²) in [5.74, 6) is 0.0588. The molecule has 1 saturated heterocycles. The first kappa shape index (κ1) is 26.4. The van der Waals surface area contributed by atoms with Crippen molar-refractivity contribution in [3.05, 3.63) is 81.9 Å². The van der Waals surface area contributed by atoms with Gasteiger partial charge in [0.15, 0.2) is 0 Å². The molecule has 3 amide bonds. The topological polar surface area (TPSA) is 83.5 Å². The van der Waals surface area contributed by atoms with E-state index < -0.39 is 29.4 Å². The number of hydrogen-bond acceptors (Lipinski definition) is 5. The van der Waals surface area contributed by atoms with Crippen LogP contribution in [0.2, 0.25) is 5.02 Å². The third-order valence-corrected chi connectivity index (χ3v) is 8.27. The van der Waals surface area contributed by atoms with Crippen LogP contribution < -0.4 is 14.8 Å². The molecule has 1 N–H and O–H groups in total. The van der Waals surface area contributed by atoms with Crippen LogP contribution in [0.1, 0.15) is 44.9 Å². The Kier molecular flexibility index (Phi) is 6.18. The number of carbonyl (C=O) groups is 2. The van der Waals surface area contributed by atoms with Crippen molar-refractivity contribution >= 4 is 29.4 Å². The molecule has 10 heteroatoms. The van der Waals surface area contributed by atoms with Gasteiger partial charge in [0, 0.05) is 22.7 Å². The Morgan fingerprint density at radius 3 is 2.58 bits per heavy atom. The second-order valence-corrected chi connectivity index (χ2v) is 11.4. The van der Waals surface area contributed by atoms with Gasteiger partial charge in [-0.15, -0.1) is 0 Å². The average molecular weight is 565 g/mol. The standard InChI is InChI=1S/C30H30ClFN4O4/c1-15(2)40-22-12-19(39-5)10-11-20(22)28-34-25(17-6-8-18(31)9-7-17)27-30(4)13-21(32)16(3)24-26(30)35(14-23(37)33-24)29(38)36(27)28/h6-13,15-16,25,27H,14H2,1-5H3,(H,33,37)/t16?,25-,27-,30?/m0/s1. The summed E-state index contributed by atoms with van der Waals surface area (Å²) in [5.41, 5.74) is 1.44. The summed E-state index contributed by atoms with van der Waals surface area (Å²) in [4.78, 5) is 35.3. The molecular formula is C30H30ClFN4O4. The van der Waals surface area contributed by atoms with Crippen LogP contribution in [-0.4, -0.2) is 53.4 Å². The summed E-state index contributed by atoms with van der Waals surface area (Å²) in [5, 5.41) is 3.43. The summed E-state index contributed by atoms with van der Waals surface area (Å²) in [6, 6.07) is 11.1. The fraction of sp³-hybridized carbons (Fsp3) is 0.367. The monoisotopic (exact) mass is 564 g/mol. The van der Waals surface area contributed by atoms with Crippen LogP contribution in [0.4, 0.5) is 9.18 Å². The lowest BCUT2D eigenvalue weighted by molar-refractivity contribution is -0.122. The van der Waals surface area contributed by atoms with E-state index in [1.54, 1.807) is 49.3 Å². The van der Waals surface area contributed by atoms with Gasteiger partial charge in [-0.05, 0) is 56.7 Å². The highest BCUT2D eigenvalue weighted by molar-refractivity contribution is 6.30. The van der Waals surface area contributed by atoms with E-state index in [-0.39, 0.29) is 24.4 Å². The van der Waals surface area contributed by atoms with Crippen LogP contribution in [0.25, 0.3) is 0 Å². The number of amidine groups is 1. The van der Waals surface area contributed by atoms with E-state index >= 15 is 4.39 Å². The van der Waals surface area contributed by atoms with Gasteiger partial charge in [0.05, 0.1) is 42.0 Å². The largest absolute Gasteiger partial charge is 0.497 e. The minimum absolute atomic E-state index is 0.162. The maximum Gasteiger partial charge on any atom is 0.330 e. The summed E-state index contributed by atoms with van der Waals surface area (Å²) in [7, 11) is 1.57. The second kappa shape index (κ2) is 9.37. The zero-order valence-corrected chi connectivity index (χ0v) is 23.6. The molecule has 0 spiro atoms. The number of nitrogens with zero attached hydrogens (tertiary/aromatic N) is 3. The summed E-state index contributed by atoms with van der Waals surface area (Å²) in [6.45, 7) is 7.25. The van der Waals surface area contributed by atoms with Crippen molar-refractivity contribution in [2.75, 3.05) is 13.7 Å². The van der Waals surface area contributed by atoms with Crippen LogP contribution in [0.5, 0.6) is 11.5 Å². The molecule has 8 nitrogen and oxygen atoms in total. The Morgan fingerprint density at radius 1 is 1.18 bits per heavy atom. The van der Waals surface area contributed by atoms with Crippen molar-refractivity contribution < 1.29 is 23.5 Å². The number of aliphatic imine (C=N–C) groups is 1. The van der Waals surface area contributed by atoms with Crippen molar-refractivity contribution in [2.24, 2.45) is 16.3 Å². The fourth-order valence-electron chi connectivity index (χ4n) is 6.27. The van der Waals surface area contributed by atoms with Gasteiger partial charge in [-0.1, -0.05) is 30.7 Å². The highest BCUT2D eigenvalue weighted by atomic mass is 35.5. The number of allylic oxidation sites excluding steroid dienone is 1. The molecule has 4 aliphatic rings. The third-order valence-electron chi connectivity index (χ3n) is 8.02. The quantitative estimate of drug-likeness (QED) is 0.513. The molecule has 2 aromatic rings. The lowest BCUT2D eigenvalue weighted by Crippen LogP contribution is -2.66. The van der Waals surface area contributed by atoms with E-state index in [2.05, 4.69) is 5.32 Å². The summed E-state index contributed by atoms with van der Waals surface area (Å²) >= 11 is 6.21. The van der Waals surface area contributed by atoms with Gasteiger partial charge in [0.2, 0.25) is 5.91 Å². The summed E-state index contributed by atoms with van der Waals surface area (Å²) < 4.78 is 27.2. The van der Waals surface area contributed by atoms with E-state index in [4.69, 9.17) is 26.1 Å². The van der Waals surface area contributed by atoms with Crippen molar-refractivity contribution in [2.45, 2.75) is 45.9 Å². The zero-order valence-electron chi connectivity index (χ0n) is 22.9. The number of nitrogens with one attached hydrogen (secondary N) is 1. The number of methoxy groups -OCH3 is 1. The fourth-order valence-corrected chi connectivity index (χ4v) is 6.40. The number of carbonyl (C=O) groups excluding carboxylic acids is 2. The van der Waals surface area contributed by atoms with Crippen LogP contribution in [-0.2, 0) is 4.79 Å². The number of fused-ring (bicyclic) bond motifs is 2. The Labute approximate surface area is 237 Å². The molecule has 0 bridgehead atoms. The van der Waals surface area contributed by atoms with E-state index in [9.17, 15) is 9.59 Å². The van der Waals surface area contributed by atoms with E-state index in [0.29, 0.717) is 39.3 Å². The van der Waals surface area contributed by atoms with E-state index in [1.807, 2.05) is 39.0 Å². The van der Waals surface area contributed by atoms with Gasteiger partial charge in [-0.3, -0.25) is 19.6 Å². The van der Waals surface area contributed by atoms with Crippen molar-refractivity contribution in [1.29, 1.82) is 0 Å². The van der Waals surface area contributed by atoms with Gasteiger partial charge in [0.1, 0.15) is 29.7 Å². The molecule has 2 aromatic carbocycles. The molecule has 40 heavy (non-hydrogen) atoms. The number of halogens is 2. The molecule has 0 aromatic heterocycles. The maximum absolute atomic E-state index is 15.6. The molecule has 1 fully saturated rings. The molecule has 6 rings (SSSR count). The predicted octanol–water partition coefficient (Wildman–Crippen LogP) is 5.59. The minimum atomic E-state index is -1.01. The van der Waals surface area contributed by atoms with Gasteiger partial charge in [0.25, 0.3) is 0 Å². The predicted molar refractivity (Wildman–Crippen MR) is 149 cm³/mol. The number of hydrogen-bond donors (Lipinski definition) is 1. The van der Waals surface area contributed by atoms with Gasteiger partial charge in [-0.25, -0.2) is 9.18 Å². The Morgan fingerprint density at radius 2 is 1.90 bits per heavy atom.